The van der Waals surface area contributed by atoms with E-state index in [1.165, 1.54) is 10.7 Å². The average Bonchev–Trinajstić information content (AvgIpc) is 3.09. The summed E-state index contributed by atoms with van der Waals surface area (Å²) < 4.78 is 6.74. The highest BCUT2D eigenvalue weighted by molar-refractivity contribution is 5.94. The van der Waals surface area contributed by atoms with Gasteiger partial charge in [-0.3, -0.25) is 9.78 Å². The molecule has 3 heterocycles. The molecule has 1 aliphatic rings. The monoisotopic (exact) mass is 429 g/mol. The van der Waals surface area contributed by atoms with Gasteiger partial charge in [0.2, 0.25) is 5.91 Å². The van der Waals surface area contributed by atoms with Crippen LogP contribution in [0.15, 0.2) is 24.4 Å². The van der Waals surface area contributed by atoms with Gasteiger partial charge in [0, 0.05) is 18.2 Å². The fourth-order valence-electron chi connectivity index (χ4n) is 3.28. The quantitative estimate of drug-likeness (QED) is 0.666. The van der Waals surface area contributed by atoms with Crippen LogP contribution in [0.3, 0.4) is 0 Å². The van der Waals surface area contributed by atoms with Crippen molar-refractivity contribution in [1.29, 1.82) is 0 Å². The van der Waals surface area contributed by atoms with Crippen molar-refractivity contribution in [2.75, 3.05) is 5.32 Å². The van der Waals surface area contributed by atoms with Crippen LogP contribution in [0.25, 0.3) is 5.69 Å². The molecule has 2 amide bonds. The molecule has 2 aromatic heterocycles. The zero-order valence-electron chi connectivity index (χ0n) is 18.0. The number of alkyl carbamates (subject to hydrolysis) is 1. The maximum absolute atomic E-state index is 12.6. The van der Waals surface area contributed by atoms with Gasteiger partial charge in [-0.15, -0.1) is 0 Å². The third-order valence-electron chi connectivity index (χ3n) is 4.81. The van der Waals surface area contributed by atoms with Crippen molar-refractivity contribution in [1.82, 2.24) is 20.1 Å². The second-order valence-electron chi connectivity index (χ2n) is 8.59. The number of pyridine rings is 1. The number of aromatic nitrogens is 3. The molecule has 0 saturated carbocycles. The van der Waals surface area contributed by atoms with Gasteiger partial charge in [-0.2, -0.15) is 5.10 Å². The molecule has 31 heavy (non-hydrogen) atoms. The van der Waals surface area contributed by atoms with Crippen LogP contribution in [0.1, 0.15) is 69.2 Å². The minimum Gasteiger partial charge on any atom is -0.476 e. The summed E-state index contributed by atoms with van der Waals surface area (Å²) in [6.45, 7) is 7.15. The number of carbonyl (C=O) groups is 3. The number of hydrogen-bond acceptors (Lipinski definition) is 6. The Kier molecular flexibility index (Phi) is 6.28. The molecule has 2 unspecified atom stereocenters. The highest BCUT2D eigenvalue weighted by Crippen LogP contribution is 2.26. The Balaban J connectivity index is 2.02. The van der Waals surface area contributed by atoms with Crippen molar-refractivity contribution in [2.24, 2.45) is 5.92 Å². The number of amides is 2. The van der Waals surface area contributed by atoms with Gasteiger partial charge < -0.3 is 20.5 Å². The molecule has 0 saturated heterocycles. The predicted molar refractivity (Wildman–Crippen MR) is 112 cm³/mol. The number of nitrogens with zero attached hydrogens (tertiary/aromatic N) is 3. The molecular formula is C21H27N5O5. The first kappa shape index (κ1) is 22.3. The SMILES string of the molecule is CC1CCCC(NC(=O)OC(C)(C)C)c2cc(ccn2)-n2nc(C(=O)O)cc2NC1=O. The minimum absolute atomic E-state index is 0.195. The standard InChI is InChI=1S/C21H27N5O5/c1-12-6-5-7-14(23-20(30)31-21(2,3)4)15-10-13(8-9-22-15)26-17(24-18(12)27)11-16(25-26)19(28)29/h8-12,14H,5-7H2,1-4H3,(H,23,30)(H,24,27)(H,28,29). The predicted octanol–water partition coefficient (Wildman–Crippen LogP) is 3.29. The average molecular weight is 429 g/mol. The third-order valence-corrected chi connectivity index (χ3v) is 4.81. The van der Waals surface area contributed by atoms with Crippen molar-refractivity contribution in [3.8, 4) is 5.69 Å². The maximum atomic E-state index is 12.6. The van der Waals surface area contributed by atoms with E-state index in [4.69, 9.17) is 4.74 Å². The van der Waals surface area contributed by atoms with E-state index in [2.05, 4.69) is 20.7 Å². The summed E-state index contributed by atoms with van der Waals surface area (Å²) in [7, 11) is 0. The molecule has 2 aromatic rings. The van der Waals surface area contributed by atoms with Gasteiger partial charge >= 0.3 is 12.1 Å². The number of nitrogens with one attached hydrogen (secondary N) is 2. The number of anilines is 1. The Hall–Kier alpha value is -3.43. The van der Waals surface area contributed by atoms with Gasteiger partial charge in [-0.25, -0.2) is 14.3 Å². The lowest BCUT2D eigenvalue weighted by molar-refractivity contribution is -0.119. The van der Waals surface area contributed by atoms with Crippen molar-refractivity contribution >= 4 is 23.8 Å². The largest absolute Gasteiger partial charge is 0.476 e. The van der Waals surface area contributed by atoms with Crippen molar-refractivity contribution < 1.29 is 24.2 Å². The van der Waals surface area contributed by atoms with E-state index in [1.807, 2.05) is 0 Å². The normalized spacial score (nSPS) is 19.3. The summed E-state index contributed by atoms with van der Waals surface area (Å²) in [6.07, 6.45) is 2.80. The molecule has 1 aliphatic heterocycles. The number of ether oxygens (including phenoxy) is 1. The molecule has 166 valence electrons. The molecular weight excluding hydrogens is 402 g/mol. The van der Waals surface area contributed by atoms with Crippen LogP contribution in [0.4, 0.5) is 10.6 Å². The van der Waals surface area contributed by atoms with Gasteiger partial charge in [-0.1, -0.05) is 13.3 Å². The summed E-state index contributed by atoms with van der Waals surface area (Å²) in [6, 6.07) is 4.23. The van der Waals surface area contributed by atoms with Gasteiger partial charge in [0.15, 0.2) is 5.69 Å². The topological polar surface area (TPSA) is 135 Å². The first-order valence-corrected chi connectivity index (χ1v) is 10.1. The molecule has 3 N–H and O–H groups in total. The summed E-state index contributed by atoms with van der Waals surface area (Å²) in [5.41, 5.74) is 0.257. The van der Waals surface area contributed by atoms with Crippen molar-refractivity contribution in [3.63, 3.8) is 0 Å². The van der Waals surface area contributed by atoms with Crippen LogP contribution in [0.5, 0.6) is 0 Å². The van der Waals surface area contributed by atoms with Crippen LogP contribution in [0, 0.1) is 5.92 Å². The molecule has 10 nitrogen and oxygen atoms in total. The second-order valence-corrected chi connectivity index (χ2v) is 8.59. The second kappa shape index (κ2) is 8.75. The lowest BCUT2D eigenvalue weighted by Crippen LogP contribution is -2.35. The number of carboxylic acids is 1. The van der Waals surface area contributed by atoms with Crippen molar-refractivity contribution in [2.45, 2.75) is 58.6 Å². The first-order valence-electron chi connectivity index (χ1n) is 10.1. The molecule has 0 aliphatic carbocycles. The van der Waals surface area contributed by atoms with Gasteiger partial charge in [0.05, 0.1) is 17.4 Å². The molecule has 0 aromatic carbocycles. The van der Waals surface area contributed by atoms with Gasteiger partial charge in [0.25, 0.3) is 0 Å². The van der Waals surface area contributed by atoms with Crippen LogP contribution >= 0.6 is 0 Å². The Morgan fingerprint density at radius 3 is 2.71 bits per heavy atom. The molecule has 2 bridgehead atoms. The number of fused-ring (bicyclic) bond motifs is 4. The molecule has 0 spiro atoms. The highest BCUT2D eigenvalue weighted by Gasteiger charge is 2.25. The van der Waals surface area contributed by atoms with Crippen LogP contribution in [-0.4, -0.2) is 43.4 Å². The number of rotatable bonds is 2. The Labute approximate surface area is 180 Å². The van der Waals surface area contributed by atoms with E-state index >= 15 is 0 Å². The summed E-state index contributed by atoms with van der Waals surface area (Å²) in [5, 5.41) is 19.1. The van der Waals surface area contributed by atoms with E-state index in [9.17, 15) is 19.5 Å². The van der Waals surface area contributed by atoms with Gasteiger partial charge in [0.1, 0.15) is 11.4 Å². The molecule has 2 atom stereocenters. The molecule has 0 fully saturated rings. The smallest absolute Gasteiger partial charge is 0.408 e. The molecule has 0 radical (unpaired) electrons. The van der Waals surface area contributed by atoms with E-state index in [0.717, 1.165) is 0 Å². The van der Waals surface area contributed by atoms with Crippen molar-refractivity contribution in [3.05, 3.63) is 35.8 Å². The third kappa shape index (κ3) is 5.59. The summed E-state index contributed by atoms with van der Waals surface area (Å²) >= 11 is 0. The number of hydrogen-bond donors (Lipinski definition) is 3. The van der Waals surface area contributed by atoms with E-state index < -0.39 is 23.7 Å². The Morgan fingerprint density at radius 1 is 1.29 bits per heavy atom. The lowest BCUT2D eigenvalue weighted by Gasteiger charge is -2.24. The fourth-order valence-corrected chi connectivity index (χ4v) is 3.28. The number of carboxylic acid groups (broad SMARTS) is 1. The highest BCUT2D eigenvalue weighted by atomic mass is 16.6. The van der Waals surface area contributed by atoms with Gasteiger partial charge in [-0.05, 0) is 45.7 Å². The van der Waals surface area contributed by atoms with E-state index in [-0.39, 0.29) is 23.3 Å². The van der Waals surface area contributed by atoms with Crippen LogP contribution < -0.4 is 10.6 Å². The summed E-state index contributed by atoms with van der Waals surface area (Å²) in [5.74, 6) is -1.50. The van der Waals surface area contributed by atoms with E-state index in [1.54, 1.807) is 46.0 Å². The lowest BCUT2D eigenvalue weighted by atomic mass is 9.98. The Bertz CT molecular complexity index is 994. The molecule has 10 heteroatoms. The summed E-state index contributed by atoms with van der Waals surface area (Å²) in [4.78, 5) is 40.8. The van der Waals surface area contributed by atoms with Crippen LogP contribution in [-0.2, 0) is 9.53 Å². The fraction of sp³-hybridized carbons (Fsp3) is 0.476. The first-order chi connectivity index (χ1) is 14.5. The van der Waals surface area contributed by atoms with E-state index in [0.29, 0.717) is 30.6 Å². The van der Waals surface area contributed by atoms with Crippen LogP contribution in [0.2, 0.25) is 0 Å². The molecule has 3 rings (SSSR count). The zero-order chi connectivity index (χ0) is 22.8. The number of carbonyl (C=O) groups excluding carboxylic acids is 2. The zero-order valence-corrected chi connectivity index (χ0v) is 18.0. The minimum atomic E-state index is -1.20. The Morgan fingerprint density at radius 2 is 2.03 bits per heavy atom. The maximum Gasteiger partial charge on any atom is 0.408 e. The number of aromatic carboxylic acids is 1.